The van der Waals surface area contributed by atoms with Gasteiger partial charge in [0.15, 0.2) is 16.9 Å². The van der Waals surface area contributed by atoms with E-state index >= 15 is 0 Å². The van der Waals surface area contributed by atoms with Crippen LogP contribution in [0.25, 0.3) is 11.0 Å². The van der Waals surface area contributed by atoms with Crippen LogP contribution in [0.2, 0.25) is 0 Å². The van der Waals surface area contributed by atoms with Crippen LogP contribution in [-0.2, 0) is 6.42 Å². The zero-order valence-electron chi connectivity index (χ0n) is 18.5. The monoisotopic (exact) mass is 519 g/mol. The zero-order chi connectivity index (χ0) is 23.8. The van der Waals surface area contributed by atoms with E-state index in [1.165, 1.54) is 6.07 Å². The lowest BCUT2D eigenvalue weighted by Gasteiger charge is -2.25. The van der Waals surface area contributed by atoms with Gasteiger partial charge >= 0.3 is 0 Å². The standard InChI is InChI=1S/C27H22BrNO5/c1-2-33-22-14-17(8-10-20(22)30)24-23-25(31)19-15-18(28)9-11-21(19)34-26(23)27(32)29(24)13-12-16-6-4-3-5-7-16/h3-11,14-15,24,30H,2,12-13H2,1H3. The lowest BCUT2D eigenvalue weighted by atomic mass is 9.98. The summed E-state index contributed by atoms with van der Waals surface area (Å²) in [5.41, 5.74) is 2.17. The van der Waals surface area contributed by atoms with Crippen LogP contribution in [0.3, 0.4) is 0 Å². The number of benzene rings is 3. The van der Waals surface area contributed by atoms with Crippen molar-refractivity contribution in [1.82, 2.24) is 4.90 Å². The maximum Gasteiger partial charge on any atom is 0.290 e. The first-order valence-corrected chi connectivity index (χ1v) is 11.8. The summed E-state index contributed by atoms with van der Waals surface area (Å²) in [4.78, 5) is 28.9. The molecule has 34 heavy (non-hydrogen) atoms. The molecular formula is C27H22BrNO5. The van der Waals surface area contributed by atoms with Gasteiger partial charge in [-0.1, -0.05) is 52.3 Å². The topological polar surface area (TPSA) is 80.0 Å². The Morgan fingerprint density at radius 2 is 1.85 bits per heavy atom. The van der Waals surface area contributed by atoms with Crippen molar-refractivity contribution in [3.63, 3.8) is 0 Å². The maximum atomic E-state index is 13.7. The maximum absolute atomic E-state index is 13.7. The van der Waals surface area contributed by atoms with Crippen molar-refractivity contribution >= 4 is 32.8 Å². The van der Waals surface area contributed by atoms with E-state index in [1.54, 1.807) is 35.2 Å². The van der Waals surface area contributed by atoms with Crippen LogP contribution in [0.15, 0.2) is 80.4 Å². The Hall–Kier alpha value is -3.58. The molecule has 0 saturated heterocycles. The summed E-state index contributed by atoms with van der Waals surface area (Å²) >= 11 is 3.41. The molecule has 1 atom stereocenters. The highest BCUT2D eigenvalue weighted by molar-refractivity contribution is 9.10. The lowest BCUT2D eigenvalue weighted by Crippen LogP contribution is -2.31. The van der Waals surface area contributed by atoms with Crippen molar-refractivity contribution in [3.8, 4) is 11.5 Å². The molecule has 2 heterocycles. The van der Waals surface area contributed by atoms with Gasteiger partial charge in [0.05, 0.1) is 23.6 Å². The van der Waals surface area contributed by atoms with E-state index in [1.807, 2.05) is 37.3 Å². The van der Waals surface area contributed by atoms with E-state index in [-0.39, 0.29) is 22.8 Å². The second-order valence-electron chi connectivity index (χ2n) is 8.11. The van der Waals surface area contributed by atoms with Gasteiger partial charge in [0.1, 0.15) is 5.58 Å². The third-order valence-corrected chi connectivity index (χ3v) is 6.50. The van der Waals surface area contributed by atoms with Gasteiger partial charge in [-0.05, 0) is 54.8 Å². The normalized spacial score (nSPS) is 15.1. The summed E-state index contributed by atoms with van der Waals surface area (Å²) in [6.45, 7) is 2.59. The van der Waals surface area contributed by atoms with E-state index < -0.39 is 6.04 Å². The van der Waals surface area contributed by atoms with Crippen molar-refractivity contribution in [2.45, 2.75) is 19.4 Å². The van der Waals surface area contributed by atoms with E-state index in [0.29, 0.717) is 47.4 Å². The Morgan fingerprint density at radius 1 is 1.06 bits per heavy atom. The molecule has 172 valence electrons. The molecule has 1 unspecified atom stereocenters. The van der Waals surface area contributed by atoms with Crippen molar-refractivity contribution in [1.29, 1.82) is 0 Å². The minimum Gasteiger partial charge on any atom is -0.504 e. The molecule has 1 amide bonds. The summed E-state index contributed by atoms with van der Waals surface area (Å²) < 4.78 is 12.3. The Labute approximate surface area is 204 Å². The third-order valence-electron chi connectivity index (χ3n) is 6.01. The molecule has 1 aliphatic heterocycles. The molecule has 0 fully saturated rings. The molecule has 0 spiro atoms. The molecule has 1 aromatic heterocycles. The lowest BCUT2D eigenvalue weighted by molar-refractivity contribution is 0.0730. The number of hydrogen-bond acceptors (Lipinski definition) is 5. The van der Waals surface area contributed by atoms with Crippen molar-refractivity contribution < 1.29 is 19.1 Å². The number of aromatic hydroxyl groups is 1. The highest BCUT2D eigenvalue weighted by Crippen LogP contribution is 2.41. The summed E-state index contributed by atoms with van der Waals surface area (Å²) in [5, 5.41) is 10.6. The smallest absolute Gasteiger partial charge is 0.290 e. The van der Waals surface area contributed by atoms with Gasteiger partial charge in [0.25, 0.3) is 5.91 Å². The first kappa shape index (κ1) is 22.2. The third kappa shape index (κ3) is 3.86. The van der Waals surface area contributed by atoms with Crippen LogP contribution in [0.5, 0.6) is 11.5 Å². The number of hydrogen-bond donors (Lipinski definition) is 1. The second kappa shape index (κ2) is 8.99. The summed E-state index contributed by atoms with van der Waals surface area (Å²) in [5.74, 6) is 0.0325. The number of phenolic OH excluding ortho intramolecular Hbond substituents is 1. The first-order chi connectivity index (χ1) is 16.5. The van der Waals surface area contributed by atoms with Gasteiger partial charge in [-0.2, -0.15) is 0 Å². The highest BCUT2D eigenvalue weighted by Gasteiger charge is 2.42. The van der Waals surface area contributed by atoms with E-state index in [0.717, 1.165) is 10.0 Å². The average Bonchev–Trinajstić information content (AvgIpc) is 3.12. The number of rotatable bonds is 6. The zero-order valence-corrected chi connectivity index (χ0v) is 20.0. The van der Waals surface area contributed by atoms with Gasteiger partial charge in [0, 0.05) is 11.0 Å². The molecular weight excluding hydrogens is 498 g/mol. The molecule has 0 radical (unpaired) electrons. The Bertz CT molecular complexity index is 1450. The Balaban J connectivity index is 1.67. The number of carbonyl (C=O) groups excluding carboxylic acids is 1. The number of phenols is 1. The summed E-state index contributed by atoms with van der Waals surface area (Å²) in [7, 11) is 0. The molecule has 0 saturated carbocycles. The fourth-order valence-electron chi connectivity index (χ4n) is 4.44. The van der Waals surface area contributed by atoms with E-state index in [2.05, 4.69) is 15.9 Å². The molecule has 5 rings (SSSR count). The first-order valence-electron chi connectivity index (χ1n) is 11.0. The van der Waals surface area contributed by atoms with Gasteiger partial charge in [-0.15, -0.1) is 0 Å². The molecule has 3 aromatic carbocycles. The van der Waals surface area contributed by atoms with Gasteiger partial charge in [-0.3, -0.25) is 9.59 Å². The fourth-order valence-corrected chi connectivity index (χ4v) is 4.80. The van der Waals surface area contributed by atoms with Crippen molar-refractivity contribution in [2.75, 3.05) is 13.2 Å². The largest absolute Gasteiger partial charge is 0.504 e. The summed E-state index contributed by atoms with van der Waals surface area (Å²) in [6, 6.07) is 19.3. The number of ether oxygens (including phenoxy) is 1. The highest BCUT2D eigenvalue weighted by atomic mass is 79.9. The second-order valence-corrected chi connectivity index (χ2v) is 9.03. The van der Waals surface area contributed by atoms with Crippen LogP contribution in [-0.4, -0.2) is 29.1 Å². The number of carbonyl (C=O) groups is 1. The minimum atomic E-state index is -0.661. The molecule has 1 aliphatic rings. The number of nitrogens with zero attached hydrogens (tertiary/aromatic N) is 1. The van der Waals surface area contributed by atoms with Gasteiger partial charge < -0.3 is 19.2 Å². The molecule has 6 nitrogen and oxygen atoms in total. The summed E-state index contributed by atoms with van der Waals surface area (Å²) in [6.07, 6.45) is 0.618. The number of fused-ring (bicyclic) bond motifs is 2. The van der Waals surface area contributed by atoms with Crippen LogP contribution < -0.4 is 10.2 Å². The SMILES string of the molecule is CCOc1cc(C2c3c(oc4ccc(Br)cc4c3=O)C(=O)N2CCc2ccccc2)ccc1O. The molecule has 0 bridgehead atoms. The predicted molar refractivity (Wildman–Crippen MR) is 132 cm³/mol. The predicted octanol–water partition coefficient (Wildman–Crippen LogP) is 5.45. The minimum absolute atomic E-state index is 0.000425. The Morgan fingerprint density at radius 3 is 2.62 bits per heavy atom. The molecule has 1 N–H and O–H groups in total. The van der Waals surface area contributed by atoms with Crippen molar-refractivity contribution in [2.24, 2.45) is 0 Å². The number of halogens is 1. The van der Waals surface area contributed by atoms with Gasteiger partial charge in [0.2, 0.25) is 5.76 Å². The fraction of sp³-hybridized carbons (Fsp3) is 0.185. The average molecular weight is 520 g/mol. The molecule has 0 aliphatic carbocycles. The number of amides is 1. The Kier molecular flexibility index (Phi) is 5.87. The van der Waals surface area contributed by atoms with E-state index in [4.69, 9.17) is 9.15 Å². The van der Waals surface area contributed by atoms with Gasteiger partial charge in [-0.25, -0.2) is 0 Å². The molecule has 7 heteroatoms. The van der Waals surface area contributed by atoms with Crippen LogP contribution >= 0.6 is 15.9 Å². The van der Waals surface area contributed by atoms with E-state index in [9.17, 15) is 14.7 Å². The van der Waals surface area contributed by atoms with Crippen molar-refractivity contribution in [3.05, 3.63) is 104 Å². The molecule has 4 aromatic rings. The van der Waals surface area contributed by atoms with Crippen LogP contribution in [0, 0.1) is 0 Å². The van der Waals surface area contributed by atoms with Crippen LogP contribution in [0.4, 0.5) is 0 Å². The quantitative estimate of drug-likeness (QED) is 0.366. The van der Waals surface area contributed by atoms with Crippen LogP contribution in [0.1, 0.15) is 40.2 Å².